The van der Waals surface area contributed by atoms with Gasteiger partial charge in [-0.15, -0.1) is 0 Å². The summed E-state index contributed by atoms with van der Waals surface area (Å²) >= 11 is 0. The molecular weight excluding hydrogens is 290 g/mol. The fraction of sp³-hybridized carbons (Fsp3) is 0.611. The molecule has 5 heteroatoms. The number of ether oxygens (including phenoxy) is 2. The number of nitrogens with zero attached hydrogens (tertiary/aromatic N) is 1. The van der Waals surface area contributed by atoms with Crippen LogP contribution < -0.4 is 15.4 Å². The van der Waals surface area contributed by atoms with Crippen LogP contribution in [0.15, 0.2) is 29.3 Å². The Bertz CT molecular complexity index is 444. The number of guanidine groups is 1. The van der Waals surface area contributed by atoms with Crippen LogP contribution in [0.5, 0.6) is 5.75 Å². The summed E-state index contributed by atoms with van der Waals surface area (Å²) in [5, 5.41) is 6.62. The summed E-state index contributed by atoms with van der Waals surface area (Å²) in [5.74, 6) is 2.32. The lowest BCUT2D eigenvalue weighted by Crippen LogP contribution is -2.39. The van der Waals surface area contributed by atoms with Gasteiger partial charge in [0.05, 0.1) is 7.11 Å². The summed E-state index contributed by atoms with van der Waals surface area (Å²) in [6, 6.07) is 8.14. The van der Waals surface area contributed by atoms with Crippen molar-refractivity contribution in [3.63, 3.8) is 0 Å². The number of rotatable bonds is 10. The number of methoxy groups -OCH3 is 1. The maximum Gasteiger partial charge on any atom is 0.190 e. The van der Waals surface area contributed by atoms with Gasteiger partial charge in [0.1, 0.15) is 5.75 Å². The van der Waals surface area contributed by atoms with E-state index in [0.29, 0.717) is 5.92 Å². The summed E-state index contributed by atoms with van der Waals surface area (Å²) in [6.07, 6.45) is 1.92. The van der Waals surface area contributed by atoms with Crippen molar-refractivity contribution in [2.24, 2.45) is 10.9 Å². The van der Waals surface area contributed by atoms with Gasteiger partial charge in [0.2, 0.25) is 0 Å². The molecule has 0 aliphatic heterocycles. The van der Waals surface area contributed by atoms with E-state index in [1.54, 1.807) is 14.2 Å². The second-order valence-electron chi connectivity index (χ2n) is 5.85. The summed E-state index contributed by atoms with van der Waals surface area (Å²) < 4.78 is 10.7. The minimum atomic E-state index is 0.593. The Hall–Kier alpha value is -1.75. The van der Waals surface area contributed by atoms with Crippen LogP contribution in [0, 0.1) is 5.92 Å². The highest BCUT2D eigenvalue weighted by molar-refractivity contribution is 5.79. The van der Waals surface area contributed by atoms with Gasteiger partial charge in [0.15, 0.2) is 5.96 Å². The fourth-order valence-corrected chi connectivity index (χ4v) is 2.04. The monoisotopic (exact) mass is 321 g/mol. The predicted octanol–water partition coefficient (Wildman–Crippen LogP) is 2.47. The van der Waals surface area contributed by atoms with Crippen LogP contribution in [-0.4, -0.2) is 46.4 Å². The lowest BCUT2D eigenvalue weighted by Gasteiger charge is -2.12. The topological polar surface area (TPSA) is 54.9 Å². The van der Waals surface area contributed by atoms with Gasteiger partial charge < -0.3 is 20.1 Å². The van der Waals surface area contributed by atoms with E-state index in [1.165, 1.54) is 5.56 Å². The van der Waals surface area contributed by atoms with E-state index in [1.807, 2.05) is 12.1 Å². The van der Waals surface area contributed by atoms with Crippen molar-refractivity contribution in [3.8, 4) is 5.75 Å². The minimum Gasteiger partial charge on any atom is -0.497 e. The van der Waals surface area contributed by atoms with Gasteiger partial charge in [-0.1, -0.05) is 26.0 Å². The SMILES string of the molecule is CN=C(NCCCOCC(C)C)NCCc1ccc(OC)cc1. The fourth-order valence-electron chi connectivity index (χ4n) is 2.04. The van der Waals surface area contributed by atoms with Crippen molar-refractivity contribution < 1.29 is 9.47 Å². The first-order chi connectivity index (χ1) is 11.2. The molecule has 0 fully saturated rings. The molecule has 1 aromatic carbocycles. The van der Waals surface area contributed by atoms with E-state index in [4.69, 9.17) is 9.47 Å². The molecule has 0 spiro atoms. The van der Waals surface area contributed by atoms with Crippen LogP contribution in [0.25, 0.3) is 0 Å². The van der Waals surface area contributed by atoms with Crippen molar-refractivity contribution in [1.82, 2.24) is 10.6 Å². The van der Waals surface area contributed by atoms with Gasteiger partial charge in [-0.25, -0.2) is 0 Å². The molecule has 1 rings (SSSR count). The highest BCUT2D eigenvalue weighted by atomic mass is 16.5. The molecule has 0 bridgehead atoms. The lowest BCUT2D eigenvalue weighted by molar-refractivity contribution is 0.108. The number of hydrogen-bond acceptors (Lipinski definition) is 3. The van der Waals surface area contributed by atoms with Gasteiger partial charge in [-0.2, -0.15) is 0 Å². The first-order valence-electron chi connectivity index (χ1n) is 8.31. The quantitative estimate of drug-likeness (QED) is 0.395. The zero-order valence-electron chi connectivity index (χ0n) is 14.9. The van der Waals surface area contributed by atoms with E-state index in [9.17, 15) is 0 Å². The van der Waals surface area contributed by atoms with E-state index >= 15 is 0 Å². The third kappa shape index (κ3) is 9.08. The van der Waals surface area contributed by atoms with Gasteiger partial charge in [-0.3, -0.25) is 4.99 Å². The molecule has 5 nitrogen and oxygen atoms in total. The summed E-state index contributed by atoms with van der Waals surface area (Å²) in [4.78, 5) is 4.23. The Labute approximate surface area is 140 Å². The molecule has 0 unspecified atom stereocenters. The second kappa shape index (κ2) is 11.8. The molecule has 0 aromatic heterocycles. The summed E-state index contributed by atoms with van der Waals surface area (Å²) in [5.41, 5.74) is 1.27. The highest BCUT2D eigenvalue weighted by Crippen LogP contribution is 2.11. The Morgan fingerprint density at radius 3 is 2.43 bits per heavy atom. The van der Waals surface area contributed by atoms with Crippen molar-refractivity contribution in [2.45, 2.75) is 26.7 Å². The van der Waals surface area contributed by atoms with Crippen molar-refractivity contribution >= 4 is 5.96 Å². The zero-order valence-corrected chi connectivity index (χ0v) is 14.9. The predicted molar refractivity (Wildman–Crippen MR) is 96.3 cm³/mol. The molecule has 0 aliphatic carbocycles. The van der Waals surface area contributed by atoms with E-state index in [0.717, 1.165) is 50.9 Å². The lowest BCUT2D eigenvalue weighted by atomic mass is 10.1. The zero-order chi connectivity index (χ0) is 16.9. The van der Waals surface area contributed by atoms with Crippen LogP contribution in [0.4, 0.5) is 0 Å². The first-order valence-corrected chi connectivity index (χ1v) is 8.31. The number of benzene rings is 1. The Balaban J connectivity index is 2.13. The van der Waals surface area contributed by atoms with Crippen LogP contribution in [0.2, 0.25) is 0 Å². The normalized spacial score (nSPS) is 11.6. The molecule has 130 valence electrons. The number of nitrogens with one attached hydrogen (secondary N) is 2. The van der Waals surface area contributed by atoms with E-state index in [2.05, 4.69) is 41.6 Å². The van der Waals surface area contributed by atoms with E-state index in [-0.39, 0.29) is 0 Å². The molecule has 0 amide bonds. The molecule has 1 aromatic rings. The summed E-state index contributed by atoms with van der Waals surface area (Å²) in [6.45, 7) is 7.64. The van der Waals surface area contributed by atoms with E-state index < -0.39 is 0 Å². The van der Waals surface area contributed by atoms with Crippen molar-refractivity contribution in [3.05, 3.63) is 29.8 Å². The molecule has 0 saturated carbocycles. The Morgan fingerprint density at radius 1 is 1.13 bits per heavy atom. The molecule has 0 atom stereocenters. The smallest absolute Gasteiger partial charge is 0.190 e. The van der Waals surface area contributed by atoms with Gasteiger partial charge in [0, 0.05) is 33.4 Å². The maximum atomic E-state index is 5.56. The largest absolute Gasteiger partial charge is 0.497 e. The van der Waals surface area contributed by atoms with Crippen molar-refractivity contribution in [1.29, 1.82) is 0 Å². The second-order valence-corrected chi connectivity index (χ2v) is 5.85. The Morgan fingerprint density at radius 2 is 1.83 bits per heavy atom. The molecule has 0 radical (unpaired) electrons. The number of hydrogen-bond donors (Lipinski definition) is 2. The highest BCUT2D eigenvalue weighted by Gasteiger charge is 1.99. The molecular formula is C18H31N3O2. The molecule has 0 saturated heterocycles. The van der Waals surface area contributed by atoms with Gasteiger partial charge >= 0.3 is 0 Å². The van der Waals surface area contributed by atoms with Crippen LogP contribution >= 0.6 is 0 Å². The number of aliphatic imine (C=N–C) groups is 1. The van der Waals surface area contributed by atoms with Gasteiger partial charge in [0.25, 0.3) is 0 Å². The third-order valence-electron chi connectivity index (χ3n) is 3.30. The standard InChI is InChI=1S/C18H31N3O2/c1-15(2)14-23-13-5-11-20-18(19-3)21-12-10-16-6-8-17(22-4)9-7-16/h6-9,15H,5,10-14H2,1-4H3,(H2,19,20,21). The average Bonchev–Trinajstić information content (AvgIpc) is 2.56. The molecule has 23 heavy (non-hydrogen) atoms. The van der Waals surface area contributed by atoms with Crippen LogP contribution in [0.3, 0.4) is 0 Å². The van der Waals surface area contributed by atoms with Crippen LogP contribution in [0.1, 0.15) is 25.8 Å². The van der Waals surface area contributed by atoms with Crippen molar-refractivity contribution in [2.75, 3.05) is 40.5 Å². The van der Waals surface area contributed by atoms with Crippen LogP contribution in [-0.2, 0) is 11.2 Å². The maximum absolute atomic E-state index is 5.56. The molecule has 2 N–H and O–H groups in total. The molecule has 0 aliphatic rings. The third-order valence-corrected chi connectivity index (χ3v) is 3.30. The first kappa shape index (κ1) is 19.3. The average molecular weight is 321 g/mol. The minimum absolute atomic E-state index is 0.593. The van der Waals surface area contributed by atoms with Gasteiger partial charge in [-0.05, 0) is 36.5 Å². The summed E-state index contributed by atoms with van der Waals surface area (Å²) in [7, 11) is 3.47. The molecule has 0 heterocycles. The Kier molecular flexibility index (Phi) is 9.87.